The highest BCUT2D eigenvalue weighted by Gasteiger charge is 2.13. The lowest BCUT2D eigenvalue weighted by atomic mass is 10.3. The summed E-state index contributed by atoms with van der Waals surface area (Å²) in [5.41, 5.74) is 1.19. The summed E-state index contributed by atoms with van der Waals surface area (Å²) in [5, 5.41) is 10.5. The second-order valence-electron chi connectivity index (χ2n) is 4.86. The zero-order chi connectivity index (χ0) is 16.4. The Hall–Kier alpha value is -1.12. The molecular weight excluding hydrogens is 320 g/mol. The van der Waals surface area contributed by atoms with E-state index in [2.05, 4.69) is 27.1 Å². The first-order chi connectivity index (χ1) is 10.5. The number of thiophene rings is 1. The first-order valence-corrected chi connectivity index (χ1v) is 10.2. The second-order valence-corrected chi connectivity index (χ2v) is 7.62. The average Bonchev–Trinajstić information content (AvgIpc) is 2.96. The van der Waals surface area contributed by atoms with Crippen LogP contribution in [0, 0.1) is 0 Å². The average molecular weight is 347 g/mol. The number of rotatable bonds is 9. The van der Waals surface area contributed by atoms with E-state index >= 15 is 0 Å². The van der Waals surface area contributed by atoms with Crippen molar-refractivity contribution in [2.24, 2.45) is 4.99 Å². The maximum atomic E-state index is 11.5. The molecule has 1 heterocycles. The van der Waals surface area contributed by atoms with Gasteiger partial charge in [0, 0.05) is 26.2 Å². The molecule has 0 atom stereocenters. The maximum Gasteiger partial charge on any atom is 0.211 e. The minimum Gasteiger partial charge on any atom is -0.357 e. The molecule has 0 unspecified atom stereocenters. The van der Waals surface area contributed by atoms with Gasteiger partial charge in [-0.05, 0) is 35.7 Å². The molecule has 1 rings (SSSR count). The lowest BCUT2D eigenvalue weighted by Crippen LogP contribution is -2.39. The lowest BCUT2D eigenvalue weighted by Gasteiger charge is -2.18. The van der Waals surface area contributed by atoms with Gasteiger partial charge in [0.05, 0.1) is 12.8 Å². The summed E-state index contributed by atoms with van der Waals surface area (Å²) < 4.78 is 24.5. The molecule has 0 saturated carbocycles. The second kappa shape index (κ2) is 9.81. The van der Waals surface area contributed by atoms with Gasteiger partial charge in [-0.15, -0.1) is 0 Å². The number of nitrogens with one attached hydrogen (secondary N) is 2. The molecule has 0 aliphatic heterocycles. The van der Waals surface area contributed by atoms with Gasteiger partial charge in [-0.2, -0.15) is 11.3 Å². The number of nitrogens with zero attached hydrogens (tertiary/aromatic N) is 2. The standard InChI is InChI=1S/C14H26N4O2S2/c1-4-15-14(17-11-13-7-10-21-12-13)16-8-6-9-18(5-2)22(3,19)20/h7,10,12H,4-6,8-9,11H2,1-3H3,(H2,15,16,17). The Kier molecular flexibility index (Phi) is 8.44. The molecule has 0 fully saturated rings. The molecule has 2 N–H and O–H groups in total. The highest BCUT2D eigenvalue weighted by Crippen LogP contribution is 2.06. The van der Waals surface area contributed by atoms with Crippen LogP contribution in [0.4, 0.5) is 0 Å². The van der Waals surface area contributed by atoms with Crippen LogP contribution in [0.25, 0.3) is 0 Å². The molecule has 0 aliphatic rings. The van der Waals surface area contributed by atoms with Gasteiger partial charge in [-0.25, -0.2) is 17.7 Å². The molecular formula is C14H26N4O2S2. The van der Waals surface area contributed by atoms with E-state index in [-0.39, 0.29) is 0 Å². The first kappa shape index (κ1) is 18.9. The van der Waals surface area contributed by atoms with Gasteiger partial charge in [0.1, 0.15) is 0 Å². The summed E-state index contributed by atoms with van der Waals surface area (Å²) in [7, 11) is -3.10. The van der Waals surface area contributed by atoms with Crippen LogP contribution in [-0.2, 0) is 16.6 Å². The van der Waals surface area contributed by atoms with Gasteiger partial charge in [0.15, 0.2) is 5.96 Å². The van der Waals surface area contributed by atoms with E-state index in [1.807, 2.05) is 19.2 Å². The van der Waals surface area contributed by atoms with Crippen molar-refractivity contribution in [2.45, 2.75) is 26.8 Å². The van der Waals surface area contributed by atoms with Crippen molar-refractivity contribution in [1.82, 2.24) is 14.9 Å². The van der Waals surface area contributed by atoms with Crippen LogP contribution >= 0.6 is 11.3 Å². The molecule has 1 aromatic heterocycles. The molecule has 0 aromatic carbocycles. The van der Waals surface area contributed by atoms with Gasteiger partial charge in [0.25, 0.3) is 0 Å². The van der Waals surface area contributed by atoms with Crippen molar-refractivity contribution in [2.75, 3.05) is 32.4 Å². The Morgan fingerprint density at radius 3 is 2.68 bits per heavy atom. The predicted molar refractivity (Wildman–Crippen MR) is 93.8 cm³/mol. The van der Waals surface area contributed by atoms with E-state index in [0.717, 1.165) is 18.9 Å². The normalized spacial score (nSPS) is 12.6. The molecule has 6 nitrogen and oxygen atoms in total. The summed E-state index contributed by atoms with van der Waals surface area (Å²) in [6.07, 6.45) is 1.99. The number of hydrogen-bond donors (Lipinski definition) is 2. The SMILES string of the molecule is CCNC(=NCc1ccsc1)NCCCN(CC)S(C)(=O)=O. The molecule has 0 aliphatic carbocycles. The van der Waals surface area contributed by atoms with Gasteiger partial charge in [-0.1, -0.05) is 6.92 Å². The van der Waals surface area contributed by atoms with Crippen molar-refractivity contribution >= 4 is 27.3 Å². The summed E-state index contributed by atoms with van der Waals surface area (Å²) in [6, 6.07) is 2.06. The Balaban J connectivity index is 2.39. The lowest BCUT2D eigenvalue weighted by molar-refractivity contribution is 0.424. The third-order valence-corrected chi connectivity index (χ3v) is 5.15. The topological polar surface area (TPSA) is 73.8 Å². The van der Waals surface area contributed by atoms with Crippen molar-refractivity contribution in [3.8, 4) is 0 Å². The Labute approximate surface area is 137 Å². The fourth-order valence-corrected chi connectivity index (χ4v) is 3.50. The molecule has 0 bridgehead atoms. The highest BCUT2D eigenvalue weighted by atomic mass is 32.2. The summed E-state index contributed by atoms with van der Waals surface area (Å²) in [6.45, 7) is 7.01. The number of sulfonamides is 1. The molecule has 0 amide bonds. The van der Waals surface area contributed by atoms with E-state index in [0.29, 0.717) is 26.2 Å². The van der Waals surface area contributed by atoms with Gasteiger partial charge < -0.3 is 10.6 Å². The van der Waals surface area contributed by atoms with Crippen LogP contribution < -0.4 is 10.6 Å². The molecule has 0 saturated heterocycles. The van der Waals surface area contributed by atoms with E-state index in [4.69, 9.17) is 0 Å². The van der Waals surface area contributed by atoms with Gasteiger partial charge in [0.2, 0.25) is 10.0 Å². The molecule has 0 spiro atoms. The number of guanidine groups is 1. The van der Waals surface area contributed by atoms with Crippen molar-refractivity contribution < 1.29 is 8.42 Å². The van der Waals surface area contributed by atoms with E-state index in [1.54, 1.807) is 11.3 Å². The van der Waals surface area contributed by atoms with E-state index in [1.165, 1.54) is 16.1 Å². The fraction of sp³-hybridized carbons (Fsp3) is 0.643. The van der Waals surface area contributed by atoms with Crippen LogP contribution in [0.2, 0.25) is 0 Å². The molecule has 22 heavy (non-hydrogen) atoms. The van der Waals surface area contributed by atoms with Crippen LogP contribution in [0.3, 0.4) is 0 Å². The van der Waals surface area contributed by atoms with Crippen LogP contribution in [0.15, 0.2) is 21.8 Å². The minimum atomic E-state index is -3.10. The third kappa shape index (κ3) is 7.24. The first-order valence-electron chi connectivity index (χ1n) is 7.45. The predicted octanol–water partition coefficient (Wildman–Crippen LogP) is 1.47. The fourth-order valence-electron chi connectivity index (χ4n) is 1.92. The van der Waals surface area contributed by atoms with E-state index in [9.17, 15) is 8.42 Å². The third-order valence-electron chi connectivity index (χ3n) is 3.04. The van der Waals surface area contributed by atoms with Crippen LogP contribution in [0.1, 0.15) is 25.8 Å². The summed E-state index contributed by atoms with van der Waals surface area (Å²) >= 11 is 1.66. The smallest absolute Gasteiger partial charge is 0.211 e. The van der Waals surface area contributed by atoms with E-state index < -0.39 is 10.0 Å². The maximum absolute atomic E-state index is 11.5. The van der Waals surface area contributed by atoms with Crippen molar-refractivity contribution in [1.29, 1.82) is 0 Å². The number of aliphatic imine (C=N–C) groups is 1. The molecule has 8 heteroatoms. The zero-order valence-electron chi connectivity index (χ0n) is 13.5. The summed E-state index contributed by atoms with van der Waals surface area (Å²) in [4.78, 5) is 4.51. The Morgan fingerprint density at radius 1 is 1.36 bits per heavy atom. The van der Waals surface area contributed by atoms with Crippen molar-refractivity contribution in [3.05, 3.63) is 22.4 Å². The molecule has 1 aromatic rings. The minimum absolute atomic E-state index is 0.505. The quantitative estimate of drug-likeness (QED) is 0.403. The van der Waals surface area contributed by atoms with Crippen molar-refractivity contribution in [3.63, 3.8) is 0 Å². The molecule has 126 valence electrons. The highest BCUT2D eigenvalue weighted by molar-refractivity contribution is 7.88. The van der Waals surface area contributed by atoms with Crippen LogP contribution in [0.5, 0.6) is 0 Å². The van der Waals surface area contributed by atoms with Crippen LogP contribution in [-0.4, -0.2) is 51.1 Å². The van der Waals surface area contributed by atoms with Gasteiger partial charge in [-0.3, -0.25) is 0 Å². The zero-order valence-corrected chi connectivity index (χ0v) is 15.1. The Morgan fingerprint density at radius 2 is 2.14 bits per heavy atom. The largest absolute Gasteiger partial charge is 0.357 e. The number of hydrogen-bond acceptors (Lipinski definition) is 4. The Bertz CT molecular complexity index is 541. The molecule has 0 radical (unpaired) electrons. The van der Waals surface area contributed by atoms with Gasteiger partial charge >= 0.3 is 0 Å². The summed E-state index contributed by atoms with van der Waals surface area (Å²) in [5.74, 6) is 0.760. The monoisotopic (exact) mass is 346 g/mol.